The number of hydrogen-bond donors (Lipinski definition) is 3. The van der Waals surface area contributed by atoms with E-state index >= 15 is 0 Å². The van der Waals surface area contributed by atoms with E-state index in [-0.39, 0.29) is 18.9 Å². The fourth-order valence-corrected chi connectivity index (χ4v) is 3.40. The number of aliphatic hydroxyl groups excluding tert-OH is 3. The molecule has 3 N–H and O–H groups in total. The standard InChI is InChI=1S/C21H26O5/c22-12-17-11-18(23)19(24)21(26-14-16-9-5-2-6-10-16)20(17)25-13-15-7-3-1-4-8-15/h1-10,17-24H,11-14H2/t17-,18+,19+,20-,21-/m1/s1. The maximum Gasteiger partial charge on any atom is 0.113 e. The normalized spacial score (nSPS) is 28.8. The highest BCUT2D eigenvalue weighted by atomic mass is 16.6. The molecule has 0 spiro atoms. The largest absolute Gasteiger partial charge is 0.396 e. The summed E-state index contributed by atoms with van der Waals surface area (Å²) in [4.78, 5) is 0. The first kappa shape index (κ1) is 19.0. The summed E-state index contributed by atoms with van der Waals surface area (Å²) < 4.78 is 12.0. The van der Waals surface area contributed by atoms with Crippen LogP contribution in [0.3, 0.4) is 0 Å². The maximum atomic E-state index is 10.5. The van der Waals surface area contributed by atoms with Gasteiger partial charge >= 0.3 is 0 Å². The first-order chi connectivity index (χ1) is 12.7. The number of rotatable bonds is 7. The van der Waals surface area contributed by atoms with Crippen molar-refractivity contribution in [1.82, 2.24) is 0 Å². The number of aliphatic hydroxyl groups is 3. The zero-order valence-electron chi connectivity index (χ0n) is 14.6. The van der Waals surface area contributed by atoms with Crippen LogP contribution in [-0.4, -0.2) is 46.3 Å². The molecule has 2 aromatic rings. The SMILES string of the molecule is OC[C@H]1C[C@H](O)[C@H](O)[C@@H](OCc2ccccc2)[C@@H]1OCc1ccccc1. The molecule has 26 heavy (non-hydrogen) atoms. The van der Waals surface area contributed by atoms with Gasteiger partial charge in [0.25, 0.3) is 0 Å². The Morgan fingerprint density at radius 1 is 0.769 bits per heavy atom. The zero-order valence-corrected chi connectivity index (χ0v) is 14.6. The van der Waals surface area contributed by atoms with Crippen LogP contribution in [0.25, 0.3) is 0 Å². The Labute approximate surface area is 153 Å². The molecule has 1 aliphatic carbocycles. The van der Waals surface area contributed by atoms with Crippen molar-refractivity contribution in [2.24, 2.45) is 5.92 Å². The van der Waals surface area contributed by atoms with Crippen LogP contribution in [0.2, 0.25) is 0 Å². The Morgan fingerprint density at radius 2 is 1.27 bits per heavy atom. The van der Waals surface area contributed by atoms with Gasteiger partial charge < -0.3 is 24.8 Å². The minimum atomic E-state index is -1.05. The molecule has 0 bridgehead atoms. The molecule has 0 aliphatic heterocycles. The lowest BCUT2D eigenvalue weighted by Gasteiger charge is -2.42. The second-order valence-corrected chi connectivity index (χ2v) is 6.76. The topological polar surface area (TPSA) is 79.2 Å². The van der Waals surface area contributed by atoms with Crippen molar-refractivity contribution in [2.45, 2.75) is 44.1 Å². The summed E-state index contributed by atoms with van der Waals surface area (Å²) in [5.41, 5.74) is 1.98. The van der Waals surface area contributed by atoms with Crippen molar-refractivity contribution < 1.29 is 24.8 Å². The van der Waals surface area contributed by atoms with Crippen molar-refractivity contribution >= 4 is 0 Å². The Morgan fingerprint density at radius 3 is 1.77 bits per heavy atom. The molecule has 0 aromatic heterocycles. The highest BCUT2D eigenvalue weighted by Gasteiger charge is 2.44. The lowest BCUT2D eigenvalue weighted by atomic mass is 9.81. The van der Waals surface area contributed by atoms with Crippen LogP contribution in [0, 0.1) is 5.92 Å². The monoisotopic (exact) mass is 358 g/mol. The predicted octanol–water partition coefficient (Wildman–Crippen LogP) is 1.89. The summed E-state index contributed by atoms with van der Waals surface area (Å²) in [6.07, 6.45) is -2.92. The third-order valence-corrected chi connectivity index (χ3v) is 4.87. The van der Waals surface area contributed by atoms with E-state index in [4.69, 9.17) is 9.47 Å². The molecule has 0 saturated heterocycles. The first-order valence-corrected chi connectivity index (χ1v) is 8.97. The summed E-state index contributed by atoms with van der Waals surface area (Å²) in [6, 6.07) is 19.4. The third-order valence-electron chi connectivity index (χ3n) is 4.87. The van der Waals surface area contributed by atoms with Crippen LogP contribution in [0.1, 0.15) is 17.5 Å². The number of ether oxygens (including phenoxy) is 2. The lowest BCUT2D eigenvalue weighted by molar-refractivity contribution is -0.206. The molecule has 1 saturated carbocycles. The molecule has 2 aromatic carbocycles. The fourth-order valence-electron chi connectivity index (χ4n) is 3.40. The smallest absolute Gasteiger partial charge is 0.113 e. The average molecular weight is 358 g/mol. The van der Waals surface area contributed by atoms with E-state index in [1.807, 2.05) is 60.7 Å². The Balaban J connectivity index is 1.71. The summed E-state index contributed by atoms with van der Waals surface area (Å²) in [7, 11) is 0. The van der Waals surface area contributed by atoms with Crippen molar-refractivity contribution in [3.63, 3.8) is 0 Å². The highest BCUT2D eigenvalue weighted by molar-refractivity contribution is 5.14. The van der Waals surface area contributed by atoms with Crippen molar-refractivity contribution in [2.75, 3.05) is 6.61 Å². The van der Waals surface area contributed by atoms with Crippen molar-refractivity contribution in [1.29, 1.82) is 0 Å². The Hall–Kier alpha value is -1.76. The summed E-state index contributed by atoms with van der Waals surface area (Å²) in [6.45, 7) is 0.531. The van der Waals surface area contributed by atoms with Gasteiger partial charge in [-0.25, -0.2) is 0 Å². The number of benzene rings is 2. The van der Waals surface area contributed by atoms with Crippen LogP contribution in [-0.2, 0) is 22.7 Å². The van der Waals surface area contributed by atoms with Gasteiger partial charge in [0, 0.05) is 12.5 Å². The quantitative estimate of drug-likeness (QED) is 0.704. The van der Waals surface area contributed by atoms with E-state index in [2.05, 4.69) is 0 Å². The highest BCUT2D eigenvalue weighted by Crippen LogP contribution is 2.31. The summed E-state index contributed by atoms with van der Waals surface area (Å²) >= 11 is 0. The third kappa shape index (κ3) is 4.69. The van der Waals surface area contributed by atoms with E-state index in [1.165, 1.54) is 0 Å². The molecule has 0 heterocycles. The first-order valence-electron chi connectivity index (χ1n) is 8.97. The molecular weight excluding hydrogens is 332 g/mol. The van der Waals surface area contributed by atoms with Crippen molar-refractivity contribution in [3.05, 3.63) is 71.8 Å². The van der Waals surface area contributed by atoms with Crippen LogP contribution in [0.15, 0.2) is 60.7 Å². The van der Waals surface area contributed by atoms with Gasteiger partial charge in [0.15, 0.2) is 0 Å². The zero-order chi connectivity index (χ0) is 18.4. The Bertz CT molecular complexity index is 604. The number of hydrogen-bond acceptors (Lipinski definition) is 5. The molecule has 5 atom stereocenters. The predicted molar refractivity (Wildman–Crippen MR) is 97.2 cm³/mol. The van der Waals surface area contributed by atoms with Crippen LogP contribution >= 0.6 is 0 Å². The van der Waals surface area contributed by atoms with E-state index < -0.39 is 24.4 Å². The van der Waals surface area contributed by atoms with E-state index in [0.29, 0.717) is 13.2 Å². The van der Waals surface area contributed by atoms with Gasteiger partial charge in [-0.2, -0.15) is 0 Å². The summed E-state index contributed by atoms with van der Waals surface area (Å²) in [5, 5.41) is 30.4. The summed E-state index contributed by atoms with van der Waals surface area (Å²) in [5.74, 6) is -0.294. The van der Waals surface area contributed by atoms with Crippen LogP contribution in [0.4, 0.5) is 0 Å². The van der Waals surface area contributed by atoms with E-state index in [9.17, 15) is 15.3 Å². The molecule has 1 fully saturated rings. The van der Waals surface area contributed by atoms with Gasteiger partial charge in [0.05, 0.1) is 25.4 Å². The lowest BCUT2D eigenvalue weighted by Crippen LogP contribution is -2.56. The molecular formula is C21H26O5. The van der Waals surface area contributed by atoms with Crippen LogP contribution in [0.5, 0.6) is 0 Å². The fraction of sp³-hybridized carbons (Fsp3) is 0.429. The molecule has 0 unspecified atom stereocenters. The second kappa shape index (κ2) is 9.26. The Kier molecular flexibility index (Phi) is 6.77. The molecule has 5 heteroatoms. The molecule has 5 nitrogen and oxygen atoms in total. The van der Waals surface area contributed by atoms with Gasteiger partial charge in [-0.3, -0.25) is 0 Å². The maximum absolute atomic E-state index is 10.5. The second-order valence-electron chi connectivity index (χ2n) is 6.76. The van der Waals surface area contributed by atoms with Gasteiger partial charge in [0.2, 0.25) is 0 Å². The minimum Gasteiger partial charge on any atom is -0.396 e. The average Bonchev–Trinajstić information content (AvgIpc) is 2.69. The molecule has 140 valence electrons. The van der Waals surface area contributed by atoms with Crippen molar-refractivity contribution in [3.8, 4) is 0 Å². The van der Waals surface area contributed by atoms with Gasteiger partial charge in [-0.05, 0) is 17.5 Å². The van der Waals surface area contributed by atoms with Gasteiger partial charge in [-0.1, -0.05) is 60.7 Å². The molecule has 0 radical (unpaired) electrons. The van der Waals surface area contributed by atoms with Crippen LogP contribution < -0.4 is 0 Å². The minimum absolute atomic E-state index is 0.131. The van der Waals surface area contributed by atoms with Gasteiger partial charge in [0.1, 0.15) is 12.2 Å². The van der Waals surface area contributed by atoms with E-state index in [1.54, 1.807) is 0 Å². The molecule has 3 rings (SSSR count). The molecule has 0 amide bonds. The van der Waals surface area contributed by atoms with E-state index in [0.717, 1.165) is 11.1 Å². The molecule has 1 aliphatic rings. The van der Waals surface area contributed by atoms with Gasteiger partial charge in [-0.15, -0.1) is 0 Å².